The summed E-state index contributed by atoms with van der Waals surface area (Å²) in [6.07, 6.45) is 4.32. The molecule has 0 aromatic heterocycles. The number of benzene rings is 9. The molecule has 2 heteroatoms. The molecular weight excluding hydrogens is 701 g/mol. The van der Waals surface area contributed by atoms with Crippen LogP contribution in [-0.2, 0) is 10.8 Å². The summed E-state index contributed by atoms with van der Waals surface area (Å²) in [6.45, 7) is 9.57. The van der Waals surface area contributed by atoms with Crippen molar-refractivity contribution in [1.29, 1.82) is 0 Å². The fourth-order valence-corrected chi connectivity index (χ4v) is 10.6. The lowest BCUT2D eigenvalue weighted by molar-refractivity contribution is 0.510. The van der Waals surface area contributed by atoms with E-state index < -0.39 is 0 Å². The molecule has 0 radical (unpaired) electrons. The topological polar surface area (TPSA) is 38.0 Å². The maximum Gasteiger partial charge on any atom is 0.0817 e. The highest BCUT2D eigenvalue weighted by Gasteiger charge is 2.41. The van der Waals surface area contributed by atoms with Crippen LogP contribution in [0.1, 0.15) is 78.8 Å². The normalized spacial score (nSPS) is 15.8. The molecule has 0 aliphatic heterocycles. The first-order chi connectivity index (χ1) is 28.2. The van der Waals surface area contributed by atoms with Gasteiger partial charge in [-0.15, -0.1) is 0 Å². The van der Waals surface area contributed by atoms with Gasteiger partial charge in [0.05, 0.1) is 12.2 Å². The van der Waals surface area contributed by atoms with Gasteiger partial charge in [0.2, 0.25) is 0 Å². The van der Waals surface area contributed by atoms with E-state index in [1.165, 1.54) is 98.7 Å². The van der Waals surface area contributed by atoms with Crippen LogP contribution in [0.4, 0.5) is 0 Å². The Bertz CT molecular complexity index is 3170. The molecule has 9 aromatic rings. The quantitative estimate of drug-likeness (QED) is 0.131. The standard InChI is InChI=1S/C56H46N2/c1-55(2)46-28-16-21-34(50(46)45-31-36-19-8-9-20-37(36)32-47(45)55)29-30-49(58-54(57)35-17-6-5-7-18-35)44-33-48-51(41-25-13-11-24-40(41)44)52-42-26-14-10-22-38(42)39-23-12-15-27-43(39)53(52)56(48,3)4/h5-33,49,54,58H,57H2,1-4H3/b30-29+. The maximum absolute atomic E-state index is 7.10. The van der Waals surface area contributed by atoms with Crippen LogP contribution < -0.4 is 11.1 Å². The third-order valence-corrected chi connectivity index (χ3v) is 13.5. The van der Waals surface area contributed by atoms with Gasteiger partial charge in [-0.2, -0.15) is 0 Å². The van der Waals surface area contributed by atoms with Crippen molar-refractivity contribution < 1.29 is 0 Å². The molecule has 2 aliphatic rings. The summed E-state index contributed by atoms with van der Waals surface area (Å²) in [6, 6.07) is 60.1. The van der Waals surface area contributed by atoms with Gasteiger partial charge in [-0.25, -0.2) is 0 Å². The van der Waals surface area contributed by atoms with E-state index in [9.17, 15) is 0 Å². The summed E-state index contributed by atoms with van der Waals surface area (Å²) < 4.78 is 0. The van der Waals surface area contributed by atoms with Gasteiger partial charge in [-0.3, -0.25) is 5.32 Å². The van der Waals surface area contributed by atoms with E-state index in [1.54, 1.807) is 0 Å². The molecule has 2 atom stereocenters. The van der Waals surface area contributed by atoms with Crippen molar-refractivity contribution in [1.82, 2.24) is 5.32 Å². The van der Waals surface area contributed by atoms with Crippen molar-refractivity contribution in [3.05, 3.63) is 209 Å². The molecule has 0 heterocycles. The summed E-state index contributed by atoms with van der Waals surface area (Å²) >= 11 is 0. The summed E-state index contributed by atoms with van der Waals surface area (Å²) in [7, 11) is 0. The molecular formula is C56H46N2. The third-order valence-electron chi connectivity index (χ3n) is 13.5. The van der Waals surface area contributed by atoms with Crippen LogP contribution in [0.15, 0.2) is 170 Å². The molecule has 0 fully saturated rings. The number of fused-ring (bicyclic) bond motifs is 14. The Morgan fingerprint density at radius 1 is 0.483 bits per heavy atom. The lowest BCUT2D eigenvalue weighted by Crippen LogP contribution is -2.32. The Labute approximate surface area is 340 Å². The van der Waals surface area contributed by atoms with E-state index in [0.29, 0.717) is 0 Å². The van der Waals surface area contributed by atoms with Gasteiger partial charge in [-0.1, -0.05) is 192 Å². The highest BCUT2D eigenvalue weighted by Crippen LogP contribution is 2.57. The molecule has 0 bridgehead atoms. The average molecular weight is 747 g/mol. The van der Waals surface area contributed by atoms with Crippen molar-refractivity contribution in [3.8, 4) is 22.3 Å². The zero-order valence-corrected chi connectivity index (χ0v) is 33.5. The minimum atomic E-state index is -0.381. The Hall–Kier alpha value is -6.32. The number of hydrogen-bond donors (Lipinski definition) is 2. The Balaban J connectivity index is 1.13. The van der Waals surface area contributed by atoms with E-state index in [-0.39, 0.29) is 23.0 Å². The lowest BCUT2D eigenvalue weighted by atomic mass is 9.78. The zero-order chi connectivity index (χ0) is 39.3. The molecule has 11 rings (SSSR count). The Morgan fingerprint density at radius 2 is 1.07 bits per heavy atom. The van der Waals surface area contributed by atoms with Crippen molar-refractivity contribution in [2.75, 3.05) is 0 Å². The van der Waals surface area contributed by atoms with E-state index in [0.717, 1.165) is 5.56 Å². The molecule has 0 amide bonds. The van der Waals surface area contributed by atoms with Gasteiger partial charge >= 0.3 is 0 Å². The minimum absolute atomic E-state index is 0.114. The average Bonchev–Trinajstić information content (AvgIpc) is 3.64. The molecule has 280 valence electrons. The highest BCUT2D eigenvalue weighted by atomic mass is 15.0. The van der Waals surface area contributed by atoms with Gasteiger partial charge in [-0.05, 0) is 116 Å². The summed E-state index contributed by atoms with van der Waals surface area (Å²) in [4.78, 5) is 0. The van der Waals surface area contributed by atoms with E-state index in [2.05, 4.69) is 203 Å². The van der Waals surface area contributed by atoms with Gasteiger partial charge in [0.25, 0.3) is 0 Å². The van der Waals surface area contributed by atoms with Crippen LogP contribution >= 0.6 is 0 Å². The number of hydrogen-bond acceptors (Lipinski definition) is 2. The SMILES string of the molecule is CC1(C)c2cc3ccccc3cc2-c2c(/C=C/C(NC(N)c3ccccc3)c3cc4c(c5ccccc35)-c3c(c5ccccc5c5ccccc35)C4(C)C)cccc21. The molecule has 0 spiro atoms. The molecule has 2 unspecified atom stereocenters. The van der Waals surface area contributed by atoms with Crippen LogP contribution in [0, 0.1) is 0 Å². The highest BCUT2D eigenvalue weighted by molar-refractivity contribution is 6.21. The van der Waals surface area contributed by atoms with Crippen molar-refractivity contribution >= 4 is 49.2 Å². The van der Waals surface area contributed by atoms with E-state index >= 15 is 0 Å². The monoisotopic (exact) mass is 746 g/mol. The van der Waals surface area contributed by atoms with Crippen LogP contribution in [0.2, 0.25) is 0 Å². The van der Waals surface area contributed by atoms with Gasteiger partial charge < -0.3 is 5.73 Å². The summed E-state index contributed by atoms with van der Waals surface area (Å²) in [5.41, 5.74) is 21.1. The second kappa shape index (κ2) is 12.8. The van der Waals surface area contributed by atoms with E-state index in [4.69, 9.17) is 5.73 Å². The zero-order valence-electron chi connectivity index (χ0n) is 33.5. The molecule has 0 saturated heterocycles. The second-order valence-corrected chi connectivity index (χ2v) is 17.4. The largest absolute Gasteiger partial charge is 0.312 e. The smallest absolute Gasteiger partial charge is 0.0817 e. The van der Waals surface area contributed by atoms with Gasteiger partial charge in [0.1, 0.15) is 0 Å². The lowest BCUT2D eigenvalue weighted by Gasteiger charge is -2.27. The predicted molar refractivity (Wildman–Crippen MR) is 246 cm³/mol. The molecule has 9 aromatic carbocycles. The number of nitrogens with one attached hydrogen (secondary N) is 1. The van der Waals surface area contributed by atoms with Gasteiger partial charge in [0, 0.05) is 10.8 Å². The number of nitrogens with two attached hydrogens (primary N) is 1. The fraction of sp³-hybridized carbons (Fsp3) is 0.143. The van der Waals surface area contributed by atoms with Crippen molar-refractivity contribution in [2.24, 2.45) is 5.73 Å². The first-order valence-corrected chi connectivity index (χ1v) is 20.6. The Morgan fingerprint density at radius 3 is 1.79 bits per heavy atom. The molecule has 2 nitrogen and oxygen atoms in total. The predicted octanol–water partition coefficient (Wildman–Crippen LogP) is 13.9. The minimum Gasteiger partial charge on any atom is -0.312 e. The maximum atomic E-state index is 7.10. The molecule has 0 saturated carbocycles. The molecule has 2 aliphatic carbocycles. The first kappa shape index (κ1) is 34.9. The van der Waals surface area contributed by atoms with Crippen molar-refractivity contribution in [2.45, 2.75) is 50.7 Å². The molecule has 3 N–H and O–H groups in total. The van der Waals surface area contributed by atoms with Crippen LogP contribution in [0.25, 0.3) is 71.4 Å². The second-order valence-electron chi connectivity index (χ2n) is 17.4. The summed E-state index contributed by atoms with van der Waals surface area (Å²) in [5.74, 6) is 0. The van der Waals surface area contributed by atoms with Gasteiger partial charge in [0.15, 0.2) is 0 Å². The third kappa shape index (κ3) is 5.05. The number of rotatable bonds is 6. The van der Waals surface area contributed by atoms with Crippen LogP contribution in [-0.4, -0.2) is 0 Å². The van der Waals surface area contributed by atoms with Crippen molar-refractivity contribution in [3.63, 3.8) is 0 Å². The Kier molecular flexibility index (Phi) is 7.73. The fourth-order valence-electron chi connectivity index (χ4n) is 10.6. The summed E-state index contributed by atoms with van der Waals surface area (Å²) in [5, 5.41) is 14.3. The molecule has 58 heavy (non-hydrogen) atoms. The van der Waals surface area contributed by atoms with Crippen LogP contribution in [0.3, 0.4) is 0 Å². The first-order valence-electron chi connectivity index (χ1n) is 20.6. The van der Waals surface area contributed by atoms with E-state index in [1.807, 2.05) is 6.07 Å². The van der Waals surface area contributed by atoms with Crippen LogP contribution in [0.5, 0.6) is 0 Å².